The number of rotatable bonds is 6. The Balaban J connectivity index is 1.92. The summed E-state index contributed by atoms with van der Waals surface area (Å²) in [6.45, 7) is 8.30. The van der Waals surface area contributed by atoms with Gasteiger partial charge in [-0.1, -0.05) is 36.8 Å². The Morgan fingerprint density at radius 1 is 1.26 bits per heavy atom. The Morgan fingerprint density at radius 3 is 2.84 bits per heavy atom. The lowest BCUT2D eigenvalue weighted by Gasteiger charge is -2.09. The van der Waals surface area contributed by atoms with Crippen molar-refractivity contribution in [1.29, 1.82) is 0 Å². The largest absolute Gasteiger partial charge is 0.355 e. The van der Waals surface area contributed by atoms with Gasteiger partial charge >= 0.3 is 0 Å². The lowest BCUT2D eigenvalue weighted by Crippen LogP contribution is -2.10. The van der Waals surface area contributed by atoms with Gasteiger partial charge in [-0.05, 0) is 32.3 Å². The van der Waals surface area contributed by atoms with Gasteiger partial charge in [0, 0.05) is 19.3 Å². The number of aromatic nitrogens is 2. The minimum atomic E-state index is 0.920. The highest BCUT2D eigenvalue weighted by Gasteiger charge is 2.04. The summed E-state index contributed by atoms with van der Waals surface area (Å²) in [6.07, 6.45) is 4.26. The number of nitrogens with zero attached hydrogens (tertiary/aromatic N) is 2. The average molecular weight is 257 g/mol. The molecule has 1 N–H and O–H groups in total. The first-order valence-corrected chi connectivity index (χ1v) is 7.02. The van der Waals surface area contributed by atoms with Crippen LogP contribution in [0.4, 0.5) is 5.95 Å². The summed E-state index contributed by atoms with van der Waals surface area (Å²) in [7, 11) is 0. The van der Waals surface area contributed by atoms with Gasteiger partial charge in [-0.2, -0.15) is 0 Å². The highest BCUT2D eigenvalue weighted by atomic mass is 15.2. The van der Waals surface area contributed by atoms with Gasteiger partial charge in [0.1, 0.15) is 0 Å². The van der Waals surface area contributed by atoms with Gasteiger partial charge in [0.05, 0.1) is 5.69 Å². The Hall–Kier alpha value is -1.77. The standard InChI is InChI=1S/C16H23N3/c1-4-10-19-12-14(3)18-16(19)17-9-8-15-7-5-6-13(2)11-15/h5-7,11-12H,4,8-10H2,1-3H3,(H,17,18). The number of aryl methyl sites for hydroxylation is 3. The zero-order valence-electron chi connectivity index (χ0n) is 12.1. The van der Waals surface area contributed by atoms with Gasteiger partial charge in [0.25, 0.3) is 0 Å². The lowest BCUT2D eigenvalue weighted by atomic mass is 10.1. The molecule has 19 heavy (non-hydrogen) atoms. The number of nitrogens with one attached hydrogen (secondary N) is 1. The average Bonchev–Trinajstić information content (AvgIpc) is 2.70. The molecule has 3 nitrogen and oxygen atoms in total. The molecule has 0 atom stereocenters. The molecule has 0 saturated heterocycles. The van der Waals surface area contributed by atoms with Crippen LogP contribution in [-0.4, -0.2) is 16.1 Å². The highest BCUT2D eigenvalue weighted by molar-refractivity contribution is 5.30. The van der Waals surface area contributed by atoms with Gasteiger partial charge in [-0.25, -0.2) is 4.98 Å². The molecule has 102 valence electrons. The molecule has 1 aromatic heterocycles. The fourth-order valence-corrected chi connectivity index (χ4v) is 2.29. The van der Waals surface area contributed by atoms with Gasteiger partial charge in [0.15, 0.2) is 0 Å². The van der Waals surface area contributed by atoms with E-state index in [2.05, 4.69) is 59.2 Å². The van der Waals surface area contributed by atoms with E-state index in [1.165, 1.54) is 11.1 Å². The molecule has 0 fully saturated rings. The number of benzene rings is 1. The van der Waals surface area contributed by atoms with E-state index >= 15 is 0 Å². The van der Waals surface area contributed by atoms with Crippen molar-refractivity contribution in [3.05, 3.63) is 47.3 Å². The maximum atomic E-state index is 4.53. The summed E-state index contributed by atoms with van der Waals surface area (Å²) in [4.78, 5) is 4.53. The fourth-order valence-electron chi connectivity index (χ4n) is 2.29. The lowest BCUT2D eigenvalue weighted by molar-refractivity contribution is 0.681. The van der Waals surface area contributed by atoms with Gasteiger partial charge in [-0.15, -0.1) is 0 Å². The monoisotopic (exact) mass is 257 g/mol. The maximum absolute atomic E-state index is 4.53. The predicted octanol–water partition coefficient (Wildman–Crippen LogP) is 3.56. The quantitative estimate of drug-likeness (QED) is 0.857. The minimum Gasteiger partial charge on any atom is -0.355 e. The Labute approximate surface area is 115 Å². The van der Waals surface area contributed by atoms with Crippen LogP contribution in [0.25, 0.3) is 0 Å². The maximum Gasteiger partial charge on any atom is 0.203 e. The molecule has 0 bridgehead atoms. The molecule has 0 spiro atoms. The molecule has 0 aliphatic heterocycles. The van der Waals surface area contributed by atoms with Gasteiger partial charge in [0.2, 0.25) is 5.95 Å². The molecule has 2 aromatic rings. The smallest absolute Gasteiger partial charge is 0.203 e. The first kappa shape index (κ1) is 13.7. The van der Waals surface area contributed by atoms with E-state index in [1.807, 2.05) is 6.92 Å². The summed E-state index contributed by atoms with van der Waals surface area (Å²) in [5, 5.41) is 3.44. The van der Waals surface area contributed by atoms with Crippen molar-refractivity contribution in [2.45, 2.75) is 40.2 Å². The third-order valence-electron chi connectivity index (χ3n) is 3.14. The van der Waals surface area contributed by atoms with Crippen molar-refractivity contribution in [1.82, 2.24) is 9.55 Å². The SMILES string of the molecule is CCCn1cc(C)nc1NCCc1cccc(C)c1. The molecular weight excluding hydrogens is 234 g/mol. The van der Waals surface area contributed by atoms with E-state index in [-0.39, 0.29) is 0 Å². The van der Waals surface area contributed by atoms with Crippen LogP contribution >= 0.6 is 0 Å². The summed E-state index contributed by atoms with van der Waals surface area (Å²) in [6, 6.07) is 8.67. The van der Waals surface area contributed by atoms with Crippen LogP contribution in [0, 0.1) is 13.8 Å². The molecule has 0 unspecified atom stereocenters. The van der Waals surface area contributed by atoms with Crippen molar-refractivity contribution >= 4 is 5.95 Å². The molecule has 3 heteroatoms. The van der Waals surface area contributed by atoms with E-state index in [0.29, 0.717) is 0 Å². The Kier molecular flexibility index (Phi) is 4.61. The summed E-state index contributed by atoms with van der Waals surface area (Å²) in [5.74, 6) is 0.993. The summed E-state index contributed by atoms with van der Waals surface area (Å²) < 4.78 is 2.20. The molecule has 0 saturated carbocycles. The van der Waals surface area contributed by atoms with Crippen molar-refractivity contribution in [3.63, 3.8) is 0 Å². The van der Waals surface area contributed by atoms with Crippen LogP contribution in [0.5, 0.6) is 0 Å². The molecule has 0 radical (unpaired) electrons. The molecule has 0 amide bonds. The Bertz CT molecular complexity index is 529. The second-order valence-electron chi connectivity index (χ2n) is 5.07. The van der Waals surface area contributed by atoms with Crippen LogP contribution < -0.4 is 5.32 Å². The molecule has 1 heterocycles. The molecule has 0 aliphatic rings. The van der Waals surface area contributed by atoms with E-state index in [0.717, 1.165) is 37.6 Å². The van der Waals surface area contributed by atoms with Gasteiger partial charge in [-0.3, -0.25) is 0 Å². The predicted molar refractivity (Wildman–Crippen MR) is 80.6 cm³/mol. The second kappa shape index (κ2) is 6.41. The Morgan fingerprint density at radius 2 is 2.11 bits per heavy atom. The zero-order valence-corrected chi connectivity index (χ0v) is 12.1. The van der Waals surface area contributed by atoms with Crippen LogP contribution in [0.3, 0.4) is 0 Å². The molecule has 0 aliphatic carbocycles. The van der Waals surface area contributed by atoms with Gasteiger partial charge < -0.3 is 9.88 Å². The normalized spacial score (nSPS) is 10.7. The fraction of sp³-hybridized carbons (Fsp3) is 0.438. The van der Waals surface area contributed by atoms with E-state index in [1.54, 1.807) is 0 Å². The molecule has 1 aromatic carbocycles. The van der Waals surface area contributed by atoms with Crippen molar-refractivity contribution < 1.29 is 0 Å². The third-order valence-corrected chi connectivity index (χ3v) is 3.14. The van der Waals surface area contributed by atoms with E-state index in [9.17, 15) is 0 Å². The first-order chi connectivity index (χ1) is 9.19. The zero-order chi connectivity index (χ0) is 13.7. The van der Waals surface area contributed by atoms with Crippen LogP contribution in [0.15, 0.2) is 30.5 Å². The number of hydrogen-bond acceptors (Lipinski definition) is 2. The topological polar surface area (TPSA) is 29.9 Å². The third kappa shape index (κ3) is 3.85. The number of anilines is 1. The van der Waals surface area contributed by atoms with Crippen LogP contribution in [0.1, 0.15) is 30.2 Å². The first-order valence-electron chi connectivity index (χ1n) is 7.02. The number of hydrogen-bond donors (Lipinski definition) is 1. The summed E-state index contributed by atoms with van der Waals surface area (Å²) in [5.41, 5.74) is 3.77. The van der Waals surface area contributed by atoms with E-state index < -0.39 is 0 Å². The van der Waals surface area contributed by atoms with Crippen molar-refractivity contribution in [3.8, 4) is 0 Å². The second-order valence-corrected chi connectivity index (χ2v) is 5.07. The molecule has 2 rings (SSSR count). The van der Waals surface area contributed by atoms with Crippen molar-refractivity contribution in [2.75, 3.05) is 11.9 Å². The minimum absolute atomic E-state index is 0.920. The summed E-state index contributed by atoms with van der Waals surface area (Å²) >= 11 is 0. The van der Waals surface area contributed by atoms with Crippen LogP contribution in [-0.2, 0) is 13.0 Å². The van der Waals surface area contributed by atoms with Crippen LogP contribution in [0.2, 0.25) is 0 Å². The number of imidazole rings is 1. The van der Waals surface area contributed by atoms with E-state index in [4.69, 9.17) is 0 Å². The molecular formula is C16H23N3. The highest BCUT2D eigenvalue weighted by Crippen LogP contribution is 2.10. The van der Waals surface area contributed by atoms with Crippen molar-refractivity contribution in [2.24, 2.45) is 0 Å².